The number of hydrogen-bond donors (Lipinski definition) is 1. The van der Waals surface area contributed by atoms with Crippen molar-refractivity contribution in [2.75, 3.05) is 60.0 Å². The molecule has 44 heavy (non-hydrogen) atoms. The molecule has 1 amide bonds. The standard InChI is InChI=1S/C29H47N5O3.C5H12.C2H6/c1-21-16-25(18-32-14-15-33(22(2)17-32)19-24-10-12-31(4)13-11-24)6-7-26(21)34(20-23(3)35)27(29(34)37-5)8-9-28(30)36;1-3-5-4-2;1-2/h6-7,16,22,24,27,29H,8-15,17-20H2,1-5H3,(H-,30,36);3-5H2,1-2H3;1-2H3/p+1. The van der Waals surface area contributed by atoms with Crippen LogP contribution in [0.4, 0.5) is 5.69 Å². The fourth-order valence-corrected chi connectivity index (χ4v) is 7.36. The van der Waals surface area contributed by atoms with Gasteiger partial charge in [-0.05, 0) is 70.4 Å². The van der Waals surface area contributed by atoms with E-state index in [9.17, 15) is 9.59 Å². The van der Waals surface area contributed by atoms with Gasteiger partial charge in [-0.2, -0.15) is 0 Å². The summed E-state index contributed by atoms with van der Waals surface area (Å²) >= 11 is 0. The maximum Gasteiger partial charge on any atom is 0.252 e. The number of primary amides is 1. The number of ketones is 1. The Balaban J connectivity index is 0.000000876. The lowest BCUT2D eigenvalue weighted by Gasteiger charge is -2.42. The average Bonchev–Trinajstić information content (AvgIpc) is 3.61. The van der Waals surface area contributed by atoms with Crippen LogP contribution in [0, 0.1) is 12.8 Å². The summed E-state index contributed by atoms with van der Waals surface area (Å²) in [6, 6.07) is 7.33. The zero-order valence-electron chi connectivity index (χ0n) is 29.7. The molecule has 0 bridgehead atoms. The highest BCUT2D eigenvalue weighted by Gasteiger charge is 2.69. The van der Waals surface area contributed by atoms with Crippen molar-refractivity contribution in [3.63, 3.8) is 0 Å². The van der Waals surface area contributed by atoms with Crippen LogP contribution >= 0.6 is 0 Å². The number of nitrogens with zero attached hydrogens (tertiary/aromatic N) is 4. The van der Waals surface area contributed by atoms with Gasteiger partial charge in [0.15, 0.2) is 11.8 Å². The highest BCUT2D eigenvalue weighted by molar-refractivity contribution is 5.82. The number of unbranched alkanes of at least 4 members (excludes halogenated alkanes) is 2. The maximum atomic E-state index is 12.3. The van der Waals surface area contributed by atoms with E-state index in [1.807, 2.05) is 13.8 Å². The van der Waals surface area contributed by atoms with Gasteiger partial charge in [0.2, 0.25) is 5.91 Å². The Kier molecular flexibility index (Phi) is 16.5. The molecule has 4 rings (SSSR count). The van der Waals surface area contributed by atoms with Gasteiger partial charge in [-0.3, -0.25) is 19.4 Å². The molecule has 3 aliphatic rings. The number of Topliss-reactive ketones (excluding diaryl/α,β-unsaturated/α-hetero) is 1. The predicted molar refractivity (Wildman–Crippen MR) is 185 cm³/mol. The molecule has 3 aliphatic heterocycles. The molecule has 0 aromatic heterocycles. The Morgan fingerprint density at radius 1 is 1.07 bits per heavy atom. The predicted octanol–water partition coefficient (Wildman–Crippen LogP) is 5.58. The number of ether oxygens (including phenoxy) is 1. The van der Waals surface area contributed by atoms with E-state index < -0.39 is 0 Å². The van der Waals surface area contributed by atoms with E-state index >= 15 is 0 Å². The summed E-state index contributed by atoms with van der Waals surface area (Å²) in [5.74, 6) is 0.653. The molecule has 252 valence electrons. The number of hydrogen-bond acceptors (Lipinski definition) is 6. The van der Waals surface area contributed by atoms with Crippen LogP contribution in [0.1, 0.15) is 97.6 Å². The number of benzene rings is 1. The minimum Gasteiger partial charge on any atom is -0.370 e. The van der Waals surface area contributed by atoms with Gasteiger partial charge in [-0.1, -0.05) is 53.0 Å². The minimum absolute atomic E-state index is 0.0736. The Bertz CT molecular complexity index is 1010. The largest absolute Gasteiger partial charge is 0.370 e. The summed E-state index contributed by atoms with van der Waals surface area (Å²) in [5.41, 5.74) is 9.04. The Labute approximate surface area is 269 Å². The fourth-order valence-electron chi connectivity index (χ4n) is 7.36. The van der Waals surface area contributed by atoms with Crippen molar-refractivity contribution in [1.29, 1.82) is 0 Å². The first-order valence-corrected chi connectivity index (χ1v) is 17.5. The van der Waals surface area contributed by atoms with Crippen LogP contribution < -0.4 is 10.2 Å². The van der Waals surface area contributed by atoms with E-state index in [4.69, 9.17) is 10.5 Å². The second kappa shape index (κ2) is 19.0. The van der Waals surface area contributed by atoms with Gasteiger partial charge in [0.05, 0.1) is 0 Å². The summed E-state index contributed by atoms with van der Waals surface area (Å²) in [6.07, 6.45) is 7.54. The van der Waals surface area contributed by atoms with Crippen LogP contribution in [-0.4, -0.2) is 105 Å². The number of carbonyl (C=O) groups is 2. The summed E-state index contributed by atoms with van der Waals surface area (Å²) < 4.78 is 6.29. The first-order valence-electron chi connectivity index (χ1n) is 17.5. The normalized spacial score (nSPS) is 26.2. The van der Waals surface area contributed by atoms with E-state index in [2.05, 4.69) is 67.6 Å². The molecule has 2 N–H and O–H groups in total. The van der Waals surface area contributed by atoms with Gasteiger partial charge in [0, 0.05) is 71.2 Å². The molecule has 1 aromatic rings. The highest BCUT2D eigenvalue weighted by Crippen LogP contribution is 2.49. The second-order valence-electron chi connectivity index (χ2n) is 13.3. The van der Waals surface area contributed by atoms with E-state index in [1.165, 1.54) is 62.9 Å². The van der Waals surface area contributed by atoms with Gasteiger partial charge < -0.3 is 15.4 Å². The van der Waals surface area contributed by atoms with Crippen LogP contribution in [0.5, 0.6) is 0 Å². The topological polar surface area (TPSA) is 79.1 Å². The van der Waals surface area contributed by atoms with Crippen LogP contribution in [0.2, 0.25) is 0 Å². The molecule has 4 unspecified atom stereocenters. The Hall–Kier alpha value is -1.84. The van der Waals surface area contributed by atoms with Crippen LogP contribution in [-0.2, 0) is 20.9 Å². The number of rotatable bonds is 13. The third kappa shape index (κ3) is 10.6. The Morgan fingerprint density at radius 2 is 1.73 bits per heavy atom. The summed E-state index contributed by atoms with van der Waals surface area (Å²) in [4.78, 5) is 31.5. The number of carbonyl (C=O) groups excluding carboxylic acids is 2. The first kappa shape index (κ1) is 38.3. The van der Waals surface area contributed by atoms with Gasteiger partial charge >= 0.3 is 0 Å². The molecular weight excluding hydrogens is 550 g/mol. The van der Waals surface area contributed by atoms with Crippen molar-refractivity contribution < 1.29 is 14.3 Å². The number of methoxy groups -OCH3 is 1. The number of quaternary nitrogens is 1. The average molecular weight is 617 g/mol. The molecule has 3 fully saturated rings. The molecule has 3 heterocycles. The van der Waals surface area contributed by atoms with Crippen molar-refractivity contribution in [1.82, 2.24) is 19.2 Å². The number of likely N-dealkylation sites (tertiary alicyclic amines) is 1. The smallest absolute Gasteiger partial charge is 0.252 e. The van der Waals surface area contributed by atoms with Crippen LogP contribution in [0.15, 0.2) is 18.2 Å². The third-order valence-electron chi connectivity index (χ3n) is 9.70. The van der Waals surface area contributed by atoms with Crippen molar-refractivity contribution in [2.24, 2.45) is 11.7 Å². The van der Waals surface area contributed by atoms with Crippen LogP contribution in [0.25, 0.3) is 0 Å². The highest BCUT2D eigenvalue weighted by atomic mass is 16.5. The molecule has 3 saturated heterocycles. The molecule has 0 aliphatic carbocycles. The molecule has 4 atom stereocenters. The monoisotopic (exact) mass is 617 g/mol. The van der Waals surface area contributed by atoms with Crippen molar-refractivity contribution >= 4 is 17.4 Å². The van der Waals surface area contributed by atoms with Gasteiger partial charge in [0.25, 0.3) is 6.23 Å². The van der Waals surface area contributed by atoms with Gasteiger partial charge in [-0.15, -0.1) is 0 Å². The number of piperazine rings is 1. The summed E-state index contributed by atoms with van der Waals surface area (Å²) in [7, 11) is 3.93. The molecule has 0 saturated carbocycles. The number of aryl methyl sites for hydroxylation is 1. The SMILES string of the molecule is CC.CCCCC.COC1C(CCC(N)=O)[N+]1(CC(C)=O)c1ccc(CN2CCN(CC3CCN(C)CC3)C(C)C2)cc1C. The van der Waals surface area contributed by atoms with E-state index in [0.717, 1.165) is 37.8 Å². The molecule has 8 nitrogen and oxygen atoms in total. The van der Waals surface area contributed by atoms with Crippen molar-refractivity contribution in [3.8, 4) is 0 Å². The lowest BCUT2D eigenvalue weighted by molar-refractivity contribution is -0.118. The van der Waals surface area contributed by atoms with Crippen molar-refractivity contribution in [2.45, 2.75) is 118 Å². The maximum absolute atomic E-state index is 12.3. The van der Waals surface area contributed by atoms with Crippen LogP contribution in [0.3, 0.4) is 0 Å². The zero-order valence-corrected chi connectivity index (χ0v) is 29.7. The van der Waals surface area contributed by atoms with Crippen molar-refractivity contribution in [3.05, 3.63) is 29.3 Å². The number of amides is 1. The minimum atomic E-state index is -0.310. The molecule has 0 radical (unpaired) electrons. The third-order valence-corrected chi connectivity index (χ3v) is 9.70. The van der Waals surface area contributed by atoms with E-state index in [-0.39, 0.29) is 24.0 Å². The van der Waals surface area contributed by atoms with E-state index in [1.54, 1.807) is 14.0 Å². The fraction of sp³-hybridized carbons (Fsp3) is 0.778. The lowest BCUT2D eigenvalue weighted by atomic mass is 9.95. The number of piperidine rings is 1. The molecule has 1 aromatic carbocycles. The van der Waals surface area contributed by atoms with E-state index in [0.29, 0.717) is 29.9 Å². The first-order chi connectivity index (χ1) is 21.0. The Morgan fingerprint density at radius 3 is 2.23 bits per heavy atom. The quantitative estimate of drug-likeness (QED) is 0.230. The lowest BCUT2D eigenvalue weighted by Crippen LogP contribution is -2.53. The van der Waals surface area contributed by atoms with Gasteiger partial charge in [-0.25, -0.2) is 4.48 Å². The zero-order chi connectivity index (χ0) is 32.9. The number of nitrogens with two attached hydrogens (primary N) is 1. The molecule has 0 spiro atoms. The summed E-state index contributed by atoms with van der Waals surface area (Å²) in [5, 5.41) is 0. The second-order valence-corrected chi connectivity index (χ2v) is 13.3. The van der Waals surface area contributed by atoms with Gasteiger partial charge in [0.1, 0.15) is 12.2 Å². The molecule has 8 heteroatoms. The summed E-state index contributed by atoms with van der Waals surface area (Å²) in [6.45, 7) is 22.9. The molecular formula is C36H66N5O3+.